The lowest BCUT2D eigenvalue weighted by molar-refractivity contribution is 0.509. The Balaban J connectivity index is 2.33. The number of nitrogens with one attached hydrogen (secondary N) is 2. The highest BCUT2D eigenvalue weighted by Crippen LogP contribution is 2.29. The molecule has 3 nitrogen and oxygen atoms in total. The van der Waals surface area contributed by atoms with Gasteiger partial charge in [0.05, 0.1) is 10.2 Å². The summed E-state index contributed by atoms with van der Waals surface area (Å²) in [5.41, 5.74) is 2.04. The van der Waals surface area contributed by atoms with Gasteiger partial charge in [0.15, 0.2) is 11.6 Å². The van der Waals surface area contributed by atoms with Crippen molar-refractivity contribution < 1.29 is 8.78 Å². The minimum Gasteiger partial charge on any atom is -0.319 e. The number of benzene rings is 1. The van der Waals surface area contributed by atoms with Gasteiger partial charge in [-0.25, -0.2) is 8.78 Å². The Morgan fingerprint density at radius 1 is 1.33 bits per heavy atom. The van der Waals surface area contributed by atoms with Gasteiger partial charge in [0, 0.05) is 18.5 Å². The first-order valence-corrected chi connectivity index (χ1v) is 6.25. The molecule has 2 N–H and O–H groups in total. The summed E-state index contributed by atoms with van der Waals surface area (Å²) in [5, 5.41) is 10.0. The van der Waals surface area contributed by atoms with Gasteiger partial charge in [-0.05, 0) is 41.2 Å². The summed E-state index contributed by atoms with van der Waals surface area (Å²) in [6.07, 6.45) is 0.772. The molecule has 2 rings (SSSR count). The van der Waals surface area contributed by atoms with E-state index in [0.717, 1.165) is 35.3 Å². The quantitative estimate of drug-likeness (QED) is 0.911. The Labute approximate surface area is 112 Å². The van der Waals surface area contributed by atoms with E-state index >= 15 is 0 Å². The minimum absolute atomic E-state index is 0.535. The van der Waals surface area contributed by atoms with E-state index in [1.165, 1.54) is 6.07 Å². The first-order valence-electron chi connectivity index (χ1n) is 5.46. The summed E-state index contributed by atoms with van der Waals surface area (Å²) < 4.78 is 26.8. The third-order valence-corrected chi connectivity index (χ3v) is 3.45. The lowest BCUT2D eigenvalue weighted by Gasteiger charge is -2.00. The highest BCUT2D eigenvalue weighted by Gasteiger charge is 2.13. The van der Waals surface area contributed by atoms with Gasteiger partial charge in [-0.2, -0.15) is 5.10 Å². The molecule has 1 aromatic heterocycles. The second-order valence-corrected chi connectivity index (χ2v) is 4.64. The van der Waals surface area contributed by atoms with Crippen LogP contribution in [-0.4, -0.2) is 23.8 Å². The number of likely N-dealkylation sites (N-methyl/N-ethyl adjacent to an activating group) is 1. The first kappa shape index (κ1) is 13.2. The molecule has 0 spiro atoms. The number of nitrogens with zero attached hydrogens (tertiary/aromatic N) is 1. The molecule has 0 bridgehead atoms. The maximum Gasteiger partial charge on any atom is 0.159 e. The van der Waals surface area contributed by atoms with E-state index in [-0.39, 0.29) is 0 Å². The van der Waals surface area contributed by atoms with E-state index < -0.39 is 11.6 Å². The molecule has 1 aromatic carbocycles. The maximum atomic E-state index is 13.2. The zero-order valence-corrected chi connectivity index (χ0v) is 11.3. The van der Waals surface area contributed by atoms with E-state index in [9.17, 15) is 8.78 Å². The van der Waals surface area contributed by atoms with Gasteiger partial charge in [-0.1, -0.05) is 0 Å². The van der Waals surface area contributed by atoms with E-state index in [0.29, 0.717) is 11.3 Å². The first-order chi connectivity index (χ1) is 8.63. The fourth-order valence-electron chi connectivity index (χ4n) is 1.61. The summed E-state index contributed by atoms with van der Waals surface area (Å²) >= 11 is 3.42. The molecular weight excluding hydrogens is 304 g/mol. The Bertz CT molecular complexity index is 554. The summed E-state index contributed by atoms with van der Waals surface area (Å²) in [4.78, 5) is 0. The number of H-pyrrole nitrogens is 1. The van der Waals surface area contributed by atoms with Crippen molar-refractivity contribution in [3.05, 3.63) is 40.0 Å². The van der Waals surface area contributed by atoms with Crippen molar-refractivity contribution >= 4 is 15.9 Å². The second kappa shape index (κ2) is 5.58. The van der Waals surface area contributed by atoms with Crippen LogP contribution < -0.4 is 5.32 Å². The molecule has 0 aliphatic carbocycles. The topological polar surface area (TPSA) is 40.7 Å². The summed E-state index contributed by atoms with van der Waals surface area (Å²) in [7, 11) is 1.86. The molecule has 0 atom stereocenters. The zero-order chi connectivity index (χ0) is 13.1. The van der Waals surface area contributed by atoms with Crippen molar-refractivity contribution in [2.24, 2.45) is 0 Å². The van der Waals surface area contributed by atoms with Crippen LogP contribution in [0.4, 0.5) is 8.78 Å². The van der Waals surface area contributed by atoms with Crippen LogP contribution in [0.1, 0.15) is 5.69 Å². The summed E-state index contributed by atoms with van der Waals surface area (Å²) in [6, 6.07) is 3.73. The van der Waals surface area contributed by atoms with Crippen LogP contribution in [0.3, 0.4) is 0 Å². The van der Waals surface area contributed by atoms with Crippen molar-refractivity contribution in [1.82, 2.24) is 15.5 Å². The molecule has 96 valence electrons. The summed E-state index contributed by atoms with van der Waals surface area (Å²) in [5.74, 6) is -1.74. The van der Waals surface area contributed by atoms with E-state index in [2.05, 4.69) is 31.4 Å². The predicted molar refractivity (Wildman–Crippen MR) is 69.3 cm³/mol. The van der Waals surface area contributed by atoms with Gasteiger partial charge in [0.25, 0.3) is 0 Å². The molecule has 2 aromatic rings. The number of hydrogen-bond donors (Lipinski definition) is 2. The van der Waals surface area contributed by atoms with Gasteiger partial charge < -0.3 is 5.32 Å². The smallest absolute Gasteiger partial charge is 0.159 e. The molecule has 0 aliphatic rings. The van der Waals surface area contributed by atoms with E-state index in [1.807, 2.05) is 7.05 Å². The fraction of sp³-hybridized carbons (Fsp3) is 0.250. The molecule has 6 heteroatoms. The lowest BCUT2D eigenvalue weighted by Crippen LogP contribution is -2.10. The maximum absolute atomic E-state index is 13.2. The van der Waals surface area contributed by atoms with E-state index in [1.54, 1.807) is 0 Å². The van der Waals surface area contributed by atoms with E-state index in [4.69, 9.17) is 0 Å². The number of aromatic amines is 1. The van der Waals surface area contributed by atoms with Crippen molar-refractivity contribution in [3.8, 4) is 11.3 Å². The van der Waals surface area contributed by atoms with Crippen molar-refractivity contribution in [3.63, 3.8) is 0 Å². The van der Waals surface area contributed by atoms with Crippen LogP contribution >= 0.6 is 15.9 Å². The number of rotatable bonds is 4. The molecule has 0 fully saturated rings. The number of halogens is 3. The second-order valence-electron chi connectivity index (χ2n) is 3.85. The van der Waals surface area contributed by atoms with Crippen LogP contribution in [0.2, 0.25) is 0 Å². The van der Waals surface area contributed by atoms with Crippen LogP contribution in [0.15, 0.2) is 22.7 Å². The number of aromatic nitrogens is 2. The third kappa shape index (κ3) is 2.59. The average Bonchev–Trinajstić information content (AvgIpc) is 2.72. The predicted octanol–water partition coefficient (Wildman–Crippen LogP) is 2.88. The molecule has 0 saturated carbocycles. The zero-order valence-electron chi connectivity index (χ0n) is 9.73. The molecule has 1 heterocycles. The van der Waals surface area contributed by atoms with Crippen LogP contribution in [0, 0.1) is 11.6 Å². The highest BCUT2D eigenvalue weighted by molar-refractivity contribution is 9.10. The Morgan fingerprint density at radius 2 is 2.11 bits per heavy atom. The normalized spacial score (nSPS) is 10.9. The largest absolute Gasteiger partial charge is 0.319 e. The summed E-state index contributed by atoms with van der Waals surface area (Å²) in [6.45, 7) is 0.804. The minimum atomic E-state index is -0.876. The van der Waals surface area contributed by atoms with Gasteiger partial charge in [-0.15, -0.1) is 0 Å². The average molecular weight is 316 g/mol. The molecule has 0 amide bonds. The SMILES string of the molecule is CNCCc1[nH]nc(-c2ccc(F)c(F)c2)c1Br. The van der Waals surface area contributed by atoms with Crippen molar-refractivity contribution in [1.29, 1.82) is 0 Å². The van der Waals surface area contributed by atoms with Crippen molar-refractivity contribution in [2.45, 2.75) is 6.42 Å². The molecule has 0 radical (unpaired) electrons. The third-order valence-electron chi connectivity index (χ3n) is 2.59. The van der Waals surface area contributed by atoms with Gasteiger partial charge >= 0.3 is 0 Å². The van der Waals surface area contributed by atoms with Crippen LogP contribution in [0.25, 0.3) is 11.3 Å². The molecular formula is C12H12BrF2N3. The Hall–Kier alpha value is -1.27. The molecule has 0 unspecified atom stereocenters. The van der Waals surface area contributed by atoms with Crippen LogP contribution in [0.5, 0.6) is 0 Å². The van der Waals surface area contributed by atoms with Gasteiger partial charge in [0.1, 0.15) is 5.69 Å². The molecule has 0 aliphatic heterocycles. The standard InChI is InChI=1S/C12H12BrF2N3/c1-16-5-4-10-11(13)12(18-17-10)7-2-3-8(14)9(15)6-7/h2-3,6,16H,4-5H2,1H3,(H,17,18). The van der Waals surface area contributed by atoms with Crippen LogP contribution in [-0.2, 0) is 6.42 Å². The number of hydrogen-bond acceptors (Lipinski definition) is 2. The lowest BCUT2D eigenvalue weighted by atomic mass is 10.1. The highest BCUT2D eigenvalue weighted by atomic mass is 79.9. The molecule has 0 saturated heterocycles. The Morgan fingerprint density at radius 3 is 2.78 bits per heavy atom. The Kier molecular flexibility index (Phi) is 4.08. The van der Waals surface area contributed by atoms with Crippen molar-refractivity contribution in [2.75, 3.05) is 13.6 Å². The van der Waals surface area contributed by atoms with Gasteiger partial charge in [-0.3, -0.25) is 5.10 Å². The monoisotopic (exact) mass is 315 g/mol. The molecule has 18 heavy (non-hydrogen) atoms. The van der Waals surface area contributed by atoms with Gasteiger partial charge in [0.2, 0.25) is 0 Å². The fourth-order valence-corrected chi connectivity index (χ4v) is 2.22.